The van der Waals surface area contributed by atoms with E-state index < -0.39 is 12.1 Å². The van der Waals surface area contributed by atoms with Gasteiger partial charge in [0.25, 0.3) is 5.91 Å². The summed E-state index contributed by atoms with van der Waals surface area (Å²) in [6, 6.07) is 17.8. The van der Waals surface area contributed by atoms with Gasteiger partial charge in [-0.3, -0.25) is 14.5 Å². The standard InChI is InChI=1S/C24H27N3O3/c28-21(25-15-9-1-2-10-16-25)18-27-23(29)22(20-13-7-4-8-14-20)26(24(27)30)17-19-11-5-3-6-12-19/h3-8,11-14,22H,1-2,9-10,15-18H2. The highest BCUT2D eigenvalue weighted by molar-refractivity contribution is 6.06. The molecule has 2 aliphatic rings. The largest absolute Gasteiger partial charge is 0.341 e. The van der Waals surface area contributed by atoms with Crippen LogP contribution in [0.25, 0.3) is 0 Å². The monoisotopic (exact) mass is 405 g/mol. The summed E-state index contributed by atoms with van der Waals surface area (Å²) in [5.74, 6) is -0.475. The van der Waals surface area contributed by atoms with Gasteiger partial charge in [0.15, 0.2) is 0 Å². The third-order valence-corrected chi connectivity index (χ3v) is 5.85. The Morgan fingerprint density at radius 2 is 1.43 bits per heavy atom. The van der Waals surface area contributed by atoms with E-state index in [1.807, 2.05) is 60.7 Å². The van der Waals surface area contributed by atoms with Crippen LogP contribution in [0.3, 0.4) is 0 Å². The summed E-state index contributed by atoms with van der Waals surface area (Å²) in [6.45, 7) is 1.53. The van der Waals surface area contributed by atoms with E-state index in [1.165, 1.54) is 0 Å². The van der Waals surface area contributed by atoms with E-state index in [2.05, 4.69) is 0 Å². The number of rotatable bonds is 5. The van der Waals surface area contributed by atoms with Crippen LogP contribution in [-0.2, 0) is 16.1 Å². The molecular weight excluding hydrogens is 378 g/mol. The molecule has 4 rings (SSSR count). The first kappa shape index (κ1) is 20.1. The van der Waals surface area contributed by atoms with Gasteiger partial charge in [0.2, 0.25) is 5.91 Å². The number of imide groups is 1. The summed E-state index contributed by atoms with van der Waals surface area (Å²) in [7, 11) is 0. The van der Waals surface area contributed by atoms with Crippen molar-refractivity contribution in [2.24, 2.45) is 0 Å². The number of likely N-dealkylation sites (tertiary alicyclic amines) is 1. The molecule has 30 heavy (non-hydrogen) atoms. The van der Waals surface area contributed by atoms with Crippen LogP contribution >= 0.6 is 0 Å². The maximum absolute atomic E-state index is 13.3. The molecule has 0 radical (unpaired) electrons. The van der Waals surface area contributed by atoms with Crippen molar-refractivity contribution >= 4 is 17.8 Å². The van der Waals surface area contributed by atoms with Crippen molar-refractivity contribution < 1.29 is 14.4 Å². The molecule has 0 spiro atoms. The van der Waals surface area contributed by atoms with E-state index in [0.717, 1.165) is 41.7 Å². The predicted molar refractivity (Wildman–Crippen MR) is 113 cm³/mol. The van der Waals surface area contributed by atoms with Gasteiger partial charge in [-0.25, -0.2) is 4.79 Å². The molecule has 4 amide bonds. The van der Waals surface area contributed by atoms with Crippen LogP contribution in [0.5, 0.6) is 0 Å². The summed E-state index contributed by atoms with van der Waals surface area (Å²) in [5, 5.41) is 0. The fourth-order valence-electron chi connectivity index (χ4n) is 4.24. The molecule has 2 heterocycles. The fourth-order valence-corrected chi connectivity index (χ4v) is 4.24. The number of urea groups is 1. The molecule has 1 unspecified atom stereocenters. The van der Waals surface area contributed by atoms with Crippen molar-refractivity contribution in [3.05, 3.63) is 71.8 Å². The summed E-state index contributed by atoms with van der Waals surface area (Å²) >= 11 is 0. The zero-order chi connectivity index (χ0) is 20.9. The van der Waals surface area contributed by atoms with Crippen molar-refractivity contribution in [1.29, 1.82) is 0 Å². The molecule has 6 heteroatoms. The minimum atomic E-state index is -0.712. The first-order valence-electron chi connectivity index (χ1n) is 10.6. The Balaban J connectivity index is 1.58. The lowest BCUT2D eigenvalue weighted by molar-refractivity contribution is -0.137. The second-order valence-electron chi connectivity index (χ2n) is 7.93. The highest BCUT2D eigenvalue weighted by atomic mass is 16.2. The van der Waals surface area contributed by atoms with E-state index >= 15 is 0 Å². The third kappa shape index (κ3) is 4.22. The van der Waals surface area contributed by atoms with Gasteiger partial charge in [0, 0.05) is 19.6 Å². The number of nitrogens with zero attached hydrogens (tertiary/aromatic N) is 3. The number of amides is 4. The Morgan fingerprint density at radius 3 is 2.07 bits per heavy atom. The average molecular weight is 405 g/mol. The van der Waals surface area contributed by atoms with E-state index in [4.69, 9.17) is 0 Å². The Kier molecular flexibility index (Phi) is 6.12. The van der Waals surface area contributed by atoms with Gasteiger partial charge in [0.1, 0.15) is 12.6 Å². The van der Waals surface area contributed by atoms with Crippen LogP contribution in [0.15, 0.2) is 60.7 Å². The summed E-state index contributed by atoms with van der Waals surface area (Å²) in [4.78, 5) is 43.9. The Labute approximate surface area is 177 Å². The van der Waals surface area contributed by atoms with Gasteiger partial charge in [-0.15, -0.1) is 0 Å². The van der Waals surface area contributed by atoms with Gasteiger partial charge < -0.3 is 9.80 Å². The fraction of sp³-hybridized carbons (Fsp3) is 0.375. The zero-order valence-electron chi connectivity index (χ0n) is 17.1. The number of carbonyl (C=O) groups excluding carboxylic acids is 3. The summed E-state index contributed by atoms with van der Waals surface area (Å²) in [5.41, 5.74) is 1.71. The molecule has 1 atom stereocenters. The number of benzene rings is 2. The van der Waals surface area contributed by atoms with Crippen molar-refractivity contribution in [2.75, 3.05) is 19.6 Å². The van der Waals surface area contributed by atoms with Crippen LogP contribution in [0.2, 0.25) is 0 Å². The summed E-state index contributed by atoms with van der Waals surface area (Å²) in [6.07, 6.45) is 4.18. The second kappa shape index (κ2) is 9.11. The first-order chi connectivity index (χ1) is 14.6. The molecule has 2 aromatic carbocycles. The van der Waals surface area contributed by atoms with Gasteiger partial charge in [-0.1, -0.05) is 73.5 Å². The molecule has 0 aliphatic carbocycles. The van der Waals surface area contributed by atoms with Gasteiger partial charge >= 0.3 is 6.03 Å². The maximum Gasteiger partial charge on any atom is 0.328 e. The van der Waals surface area contributed by atoms with E-state index in [-0.39, 0.29) is 18.4 Å². The lowest BCUT2D eigenvalue weighted by Crippen LogP contribution is -2.43. The van der Waals surface area contributed by atoms with E-state index in [0.29, 0.717) is 19.6 Å². The first-order valence-corrected chi connectivity index (χ1v) is 10.6. The molecule has 2 aliphatic heterocycles. The van der Waals surface area contributed by atoms with E-state index in [1.54, 1.807) is 9.80 Å². The molecule has 2 aromatic rings. The van der Waals surface area contributed by atoms with Crippen LogP contribution in [-0.4, -0.2) is 52.2 Å². The molecule has 0 bridgehead atoms. The van der Waals surface area contributed by atoms with Crippen molar-refractivity contribution in [2.45, 2.75) is 38.3 Å². The predicted octanol–water partition coefficient (Wildman–Crippen LogP) is 3.59. The molecular formula is C24H27N3O3. The second-order valence-corrected chi connectivity index (χ2v) is 7.93. The molecule has 0 N–H and O–H groups in total. The molecule has 6 nitrogen and oxygen atoms in total. The van der Waals surface area contributed by atoms with Crippen LogP contribution in [0.4, 0.5) is 4.79 Å². The summed E-state index contributed by atoms with van der Waals surface area (Å²) < 4.78 is 0. The Hall–Kier alpha value is -3.15. The molecule has 0 saturated carbocycles. The molecule has 2 fully saturated rings. The Morgan fingerprint density at radius 1 is 0.833 bits per heavy atom. The highest BCUT2D eigenvalue weighted by Crippen LogP contribution is 2.32. The SMILES string of the molecule is O=C(CN1C(=O)C(c2ccccc2)N(Cc2ccccc2)C1=O)N1CCCCCC1. The molecule has 156 valence electrons. The van der Waals surface area contributed by atoms with Crippen LogP contribution in [0.1, 0.15) is 42.9 Å². The van der Waals surface area contributed by atoms with Gasteiger partial charge in [0.05, 0.1) is 0 Å². The quantitative estimate of drug-likeness (QED) is 0.714. The maximum atomic E-state index is 13.3. The van der Waals surface area contributed by atoms with Crippen LogP contribution < -0.4 is 0 Å². The van der Waals surface area contributed by atoms with E-state index in [9.17, 15) is 14.4 Å². The van der Waals surface area contributed by atoms with Crippen molar-refractivity contribution in [1.82, 2.24) is 14.7 Å². The lowest BCUT2D eigenvalue weighted by atomic mass is 10.1. The van der Waals surface area contributed by atoms with Gasteiger partial charge in [-0.05, 0) is 24.0 Å². The minimum Gasteiger partial charge on any atom is -0.341 e. The molecule has 2 saturated heterocycles. The number of hydrogen-bond donors (Lipinski definition) is 0. The normalized spacial score (nSPS) is 19.9. The minimum absolute atomic E-state index is 0.146. The number of carbonyl (C=O) groups is 3. The van der Waals surface area contributed by atoms with Crippen molar-refractivity contribution in [3.8, 4) is 0 Å². The third-order valence-electron chi connectivity index (χ3n) is 5.85. The topological polar surface area (TPSA) is 60.9 Å². The Bertz CT molecular complexity index is 892. The lowest BCUT2D eigenvalue weighted by Gasteiger charge is -2.23. The van der Waals surface area contributed by atoms with Gasteiger partial charge in [-0.2, -0.15) is 0 Å². The van der Waals surface area contributed by atoms with Crippen LogP contribution in [0, 0.1) is 0 Å². The van der Waals surface area contributed by atoms with Crippen molar-refractivity contribution in [3.63, 3.8) is 0 Å². The number of hydrogen-bond acceptors (Lipinski definition) is 3. The zero-order valence-corrected chi connectivity index (χ0v) is 17.1. The molecule has 0 aromatic heterocycles. The average Bonchev–Trinajstić information content (AvgIpc) is 2.97. The smallest absolute Gasteiger partial charge is 0.328 e. The highest BCUT2D eigenvalue weighted by Gasteiger charge is 2.46.